The predicted molar refractivity (Wildman–Crippen MR) is 114 cm³/mol. The van der Waals surface area contributed by atoms with E-state index in [-0.39, 0.29) is 0 Å². The molecule has 0 spiro atoms. The normalized spacial score (nSPS) is 26.2. The Kier molecular flexibility index (Phi) is 6.68. The fraction of sp³-hybridized carbons (Fsp3) is 0.318. The lowest BCUT2D eigenvalue weighted by molar-refractivity contribution is -0.231. The molecule has 6 nitrogen and oxygen atoms in total. The summed E-state index contributed by atoms with van der Waals surface area (Å²) < 4.78 is 18.7. The van der Waals surface area contributed by atoms with Crippen LogP contribution in [0, 0.1) is 5.95 Å². The zero-order valence-corrected chi connectivity index (χ0v) is 17.8. The Labute approximate surface area is 187 Å². The van der Waals surface area contributed by atoms with E-state index in [2.05, 4.69) is 4.98 Å². The predicted octanol–water partition coefficient (Wildman–Crippen LogP) is 2.71. The van der Waals surface area contributed by atoms with Crippen molar-refractivity contribution in [2.75, 3.05) is 6.61 Å². The lowest BCUT2D eigenvalue weighted by atomic mass is 9.90. The number of halogens is 2. The van der Waals surface area contributed by atoms with Crippen LogP contribution in [0.15, 0.2) is 48.7 Å². The number of ether oxygens (including phenoxy) is 1. The first-order valence-corrected chi connectivity index (χ1v) is 10.9. The number of hydrogen-bond acceptors (Lipinski definition) is 7. The highest BCUT2D eigenvalue weighted by atomic mass is 35.5. The lowest BCUT2D eigenvalue weighted by Crippen LogP contribution is -2.55. The second kappa shape index (κ2) is 9.30. The second-order valence-electron chi connectivity index (χ2n) is 7.41. The van der Waals surface area contributed by atoms with Gasteiger partial charge in [-0.3, -0.25) is 0 Å². The largest absolute Gasteiger partial charge is 0.394 e. The monoisotopic (exact) mass is 465 g/mol. The average molecular weight is 466 g/mol. The highest BCUT2D eigenvalue weighted by Crippen LogP contribution is 2.35. The first kappa shape index (κ1) is 22.3. The molecule has 1 saturated heterocycles. The third kappa shape index (κ3) is 4.65. The molecule has 3 aromatic rings. The van der Waals surface area contributed by atoms with E-state index in [1.54, 1.807) is 24.3 Å². The fourth-order valence-corrected chi connectivity index (χ4v) is 4.83. The maximum absolute atomic E-state index is 13.1. The molecule has 1 aliphatic heterocycles. The van der Waals surface area contributed by atoms with Gasteiger partial charge in [0.05, 0.1) is 6.61 Å². The summed E-state index contributed by atoms with van der Waals surface area (Å²) in [5.74, 6) is -0.530. The van der Waals surface area contributed by atoms with Crippen LogP contribution in [0.5, 0.6) is 0 Å². The Balaban J connectivity index is 1.57. The van der Waals surface area contributed by atoms with Gasteiger partial charge in [0.1, 0.15) is 30.5 Å². The number of pyridine rings is 1. The molecule has 0 bridgehead atoms. The van der Waals surface area contributed by atoms with Gasteiger partial charge in [0.15, 0.2) is 0 Å². The number of hydrogen-bond donors (Lipinski definition) is 4. The maximum Gasteiger partial charge on any atom is 0.212 e. The van der Waals surface area contributed by atoms with Gasteiger partial charge in [-0.1, -0.05) is 23.7 Å². The minimum Gasteiger partial charge on any atom is -0.394 e. The molecule has 164 valence electrons. The van der Waals surface area contributed by atoms with E-state index in [1.165, 1.54) is 23.6 Å². The number of aliphatic hydroxyl groups is 4. The first-order valence-electron chi connectivity index (χ1n) is 9.67. The Morgan fingerprint density at radius 3 is 2.55 bits per heavy atom. The van der Waals surface area contributed by atoms with Crippen LogP contribution in [0.3, 0.4) is 0 Å². The molecule has 31 heavy (non-hydrogen) atoms. The molecule has 0 aliphatic carbocycles. The molecule has 2 aromatic heterocycles. The van der Waals surface area contributed by atoms with Crippen molar-refractivity contribution in [3.63, 3.8) is 0 Å². The molecular weight excluding hydrogens is 445 g/mol. The number of aromatic nitrogens is 1. The molecule has 4 N–H and O–H groups in total. The van der Waals surface area contributed by atoms with E-state index in [9.17, 15) is 24.8 Å². The molecule has 1 unspecified atom stereocenters. The highest BCUT2D eigenvalue weighted by molar-refractivity contribution is 7.15. The van der Waals surface area contributed by atoms with E-state index in [1.807, 2.05) is 12.1 Å². The molecule has 3 heterocycles. The third-order valence-electron chi connectivity index (χ3n) is 5.33. The smallest absolute Gasteiger partial charge is 0.212 e. The molecule has 4 rings (SSSR count). The Morgan fingerprint density at radius 2 is 1.84 bits per heavy atom. The molecule has 5 atom stereocenters. The zero-order chi connectivity index (χ0) is 22.1. The van der Waals surface area contributed by atoms with Crippen LogP contribution >= 0.6 is 22.9 Å². The van der Waals surface area contributed by atoms with Gasteiger partial charge in [0.25, 0.3) is 0 Å². The Morgan fingerprint density at radius 1 is 1.03 bits per heavy atom. The van der Waals surface area contributed by atoms with Gasteiger partial charge in [-0.15, -0.1) is 11.3 Å². The summed E-state index contributed by atoms with van der Waals surface area (Å²) in [6, 6.07) is 12.0. The van der Waals surface area contributed by atoms with E-state index in [0.717, 1.165) is 20.9 Å². The van der Waals surface area contributed by atoms with E-state index < -0.39 is 43.1 Å². The minimum absolute atomic E-state index is 0.488. The van der Waals surface area contributed by atoms with Crippen LogP contribution in [0.25, 0.3) is 10.4 Å². The summed E-state index contributed by atoms with van der Waals surface area (Å²) in [7, 11) is 0. The number of nitrogens with zero attached hydrogens (tertiary/aromatic N) is 1. The highest BCUT2D eigenvalue weighted by Gasteiger charge is 2.44. The summed E-state index contributed by atoms with van der Waals surface area (Å²) in [6.07, 6.45) is -4.11. The Bertz CT molecular complexity index is 1040. The van der Waals surface area contributed by atoms with Gasteiger partial charge in [0, 0.05) is 33.0 Å². The van der Waals surface area contributed by atoms with Crippen molar-refractivity contribution in [1.82, 2.24) is 4.98 Å². The molecule has 1 aromatic carbocycles. The van der Waals surface area contributed by atoms with Crippen LogP contribution in [-0.2, 0) is 11.2 Å². The van der Waals surface area contributed by atoms with Crippen molar-refractivity contribution in [2.24, 2.45) is 0 Å². The van der Waals surface area contributed by atoms with E-state index >= 15 is 0 Å². The van der Waals surface area contributed by atoms with Gasteiger partial charge in [0.2, 0.25) is 5.95 Å². The van der Waals surface area contributed by atoms with Crippen LogP contribution in [0.1, 0.15) is 22.1 Å². The van der Waals surface area contributed by atoms with Gasteiger partial charge in [-0.05, 0) is 41.5 Å². The maximum atomic E-state index is 13.1. The summed E-state index contributed by atoms with van der Waals surface area (Å²) in [4.78, 5) is 5.65. The van der Waals surface area contributed by atoms with Crippen LogP contribution in [0.2, 0.25) is 5.02 Å². The first-order chi connectivity index (χ1) is 14.9. The SMILES string of the molecule is OCC1O[C@@H](c2ccc(Cl)c(Cc3ccc(-c4ccc(F)nc4)s3)c2)[C@H](O)[C@@H](O)[C@@H]1O. The van der Waals surface area contributed by atoms with E-state index in [4.69, 9.17) is 16.3 Å². The number of benzene rings is 1. The third-order valence-corrected chi connectivity index (χ3v) is 6.83. The summed E-state index contributed by atoms with van der Waals surface area (Å²) in [5.41, 5.74) is 2.19. The molecule has 0 radical (unpaired) electrons. The molecule has 1 fully saturated rings. The summed E-state index contributed by atoms with van der Waals surface area (Å²) >= 11 is 7.92. The zero-order valence-electron chi connectivity index (χ0n) is 16.2. The van der Waals surface area contributed by atoms with Crippen LogP contribution in [0.4, 0.5) is 4.39 Å². The van der Waals surface area contributed by atoms with Crippen LogP contribution < -0.4 is 0 Å². The molecule has 0 amide bonds. The van der Waals surface area contributed by atoms with Gasteiger partial charge < -0.3 is 25.2 Å². The molecule has 9 heteroatoms. The van der Waals surface area contributed by atoms with Crippen molar-refractivity contribution in [1.29, 1.82) is 0 Å². The lowest BCUT2D eigenvalue weighted by Gasteiger charge is -2.40. The van der Waals surface area contributed by atoms with Crippen molar-refractivity contribution < 1.29 is 29.6 Å². The van der Waals surface area contributed by atoms with Gasteiger partial charge in [-0.25, -0.2) is 4.98 Å². The topological polar surface area (TPSA) is 103 Å². The minimum atomic E-state index is -1.45. The van der Waals surface area contributed by atoms with Crippen molar-refractivity contribution in [3.8, 4) is 10.4 Å². The molecular formula is C22H21ClFNO5S. The number of thiophene rings is 1. The molecule has 1 aliphatic rings. The van der Waals surface area contributed by atoms with Crippen molar-refractivity contribution >= 4 is 22.9 Å². The molecule has 0 saturated carbocycles. The quantitative estimate of drug-likeness (QED) is 0.432. The fourth-order valence-electron chi connectivity index (χ4n) is 3.62. The van der Waals surface area contributed by atoms with E-state index in [0.29, 0.717) is 17.0 Å². The average Bonchev–Trinajstić information content (AvgIpc) is 3.23. The van der Waals surface area contributed by atoms with Crippen LogP contribution in [-0.4, -0.2) is 56.4 Å². The van der Waals surface area contributed by atoms with Gasteiger partial charge >= 0.3 is 0 Å². The summed E-state index contributed by atoms with van der Waals surface area (Å²) in [5, 5.41) is 40.4. The second-order valence-corrected chi connectivity index (χ2v) is 8.99. The number of rotatable bonds is 5. The van der Waals surface area contributed by atoms with Gasteiger partial charge in [-0.2, -0.15) is 4.39 Å². The number of aliphatic hydroxyl groups excluding tert-OH is 4. The Hall–Kier alpha value is -1.91. The van der Waals surface area contributed by atoms with Crippen molar-refractivity contribution in [3.05, 3.63) is 75.6 Å². The summed E-state index contributed by atoms with van der Waals surface area (Å²) in [6.45, 7) is -0.488. The van der Waals surface area contributed by atoms with Crippen molar-refractivity contribution in [2.45, 2.75) is 36.9 Å². The standard InChI is InChI=1S/C22H21ClFNO5S/c23-15-4-1-11(22-21(29)20(28)19(27)16(10-26)30-22)7-13(15)8-14-3-5-17(31-14)12-2-6-18(24)25-9-12/h1-7,9,16,19-22,26-29H,8,10H2/t16?,19-,20+,21-,22+/m1/s1.